The zero-order valence-corrected chi connectivity index (χ0v) is 9.77. The average molecular weight is 218 g/mol. The highest BCUT2D eigenvalue weighted by Gasteiger charge is 1.93. The van der Waals surface area contributed by atoms with Crippen LogP contribution in [0.1, 0.15) is 13.8 Å². The molecule has 0 aliphatic carbocycles. The third-order valence-electron chi connectivity index (χ3n) is 1.89. The predicted octanol–water partition coefficient (Wildman–Crippen LogP) is 4.13. The van der Waals surface area contributed by atoms with Gasteiger partial charge in [-0.3, -0.25) is 0 Å². The molecule has 0 radical (unpaired) electrons. The molecule has 0 unspecified atom stereocenters. The highest BCUT2D eigenvalue weighted by atomic mass is 16.3. The molecule has 0 saturated carbocycles. The molecule has 0 aliphatic rings. The largest absolute Gasteiger partial charge is 0.513 e. The number of aliphatic hydroxyl groups excluding tert-OH is 2. The third-order valence-corrected chi connectivity index (χ3v) is 1.89. The van der Waals surface area contributed by atoms with E-state index in [0.29, 0.717) is 0 Å². The van der Waals surface area contributed by atoms with E-state index in [4.69, 9.17) is 5.11 Å². The molecule has 0 fully saturated rings. The first kappa shape index (κ1) is 14.0. The lowest BCUT2D eigenvalue weighted by molar-refractivity contribution is 0.414. The maximum Gasteiger partial charge on any atom is 0.114 e. The Morgan fingerprint density at radius 3 is 1.94 bits per heavy atom. The van der Waals surface area contributed by atoms with E-state index in [-0.39, 0.29) is 11.5 Å². The number of allylic oxidation sites excluding steroid dienone is 9. The quantitative estimate of drug-likeness (QED) is 0.538. The number of hydrogen-bond donors (Lipinski definition) is 2. The van der Waals surface area contributed by atoms with Crippen molar-refractivity contribution in [3.63, 3.8) is 0 Å². The lowest BCUT2D eigenvalue weighted by atomic mass is 10.1. The molecule has 0 bridgehead atoms. The van der Waals surface area contributed by atoms with E-state index in [1.807, 2.05) is 6.92 Å². The van der Waals surface area contributed by atoms with Crippen LogP contribution in [-0.4, -0.2) is 10.2 Å². The summed E-state index contributed by atoms with van der Waals surface area (Å²) < 4.78 is 0. The number of aliphatic hydroxyl groups is 2. The summed E-state index contributed by atoms with van der Waals surface area (Å²) in [6, 6.07) is 0. The zero-order chi connectivity index (χ0) is 12.6. The van der Waals surface area contributed by atoms with E-state index in [9.17, 15) is 5.11 Å². The zero-order valence-electron chi connectivity index (χ0n) is 9.77. The van der Waals surface area contributed by atoms with Gasteiger partial charge in [0, 0.05) is 0 Å². The number of rotatable bonds is 5. The average Bonchev–Trinajstić information content (AvgIpc) is 2.26. The number of hydrogen-bond acceptors (Lipinski definition) is 2. The fraction of sp³-hybridized carbons (Fsp3) is 0.143. The van der Waals surface area contributed by atoms with Crippen LogP contribution in [0.2, 0.25) is 0 Å². The van der Waals surface area contributed by atoms with Gasteiger partial charge in [-0.25, -0.2) is 0 Å². The molecule has 0 saturated heterocycles. The first-order valence-electron chi connectivity index (χ1n) is 4.91. The smallest absolute Gasteiger partial charge is 0.114 e. The van der Waals surface area contributed by atoms with Crippen LogP contribution in [0.25, 0.3) is 0 Å². The Kier molecular flexibility index (Phi) is 6.45. The van der Waals surface area contributed by atoms with Crippen molar-refractivity contribution in [1.82, 2.24) is 0 Å². The predicted molar refractivity (Wildman–Crippen MR) is 69.3 cm³/mol. The third kappa shape index (κ3) is 5.70. The molecule has 2 heteroatoms. The highest BCUT2D eigenvalue weighted by molar-refractivity contribution is 5.42. The Morgan fingerprint density at radius 1 is 0.875 bits per heavy atom. The molecule has 2 N–H and O–H groups in total. The van der Waals surface area contributed by atoms with Crippen molar-refractivity contribution in [3.05, 3.63) is 72.3 Å². The second kappa shape index (κ2) is 7.35. The minimum Gasteiger partial charge on any atom is -0.513 e. The topological polar surface area (TPSA) is 40.5 Å². The molecule has 0 aromatic rings. The summed E-state index contributed by atoms with van der Waals surface area (Å²) in [7, 11) is 0. The molecule has 0 atom stereocenters. The monoisotopic (exact) mass is 218 g/mol. The van der Waals surface area contributed by atoms with Gasteiger partial charge >= 0.3 is 0 Å². The highest BCUT2D eigenvalue weighted by Crippen LogP contribution is 2.11. The van der Waals surface area contributed by atoms with E-state index in [1.54, 1.807) is 37.3 Å². The maximum absolute atomic E-state index is 9.18. The van der Waals surface area contributed by atoms with Gasteiger partial charge in [0.1, 0.15) is 5.76 Å². The minimum absolute atomic E-state index is 0.108. The summed E-state index contributed by atoms with van der Waals surface area (Å²) in [5, 5.41) is 18.2. The van der Waals surface area contributed by atoms with Crippen molar-refractivity contribution in [1.29, 1.82) is 0 Å². The second-order valence-electron chi connectivity index (χ2n) is 3.28. The van der Waals surface area contributed by atoms with E-state index < -0.39 is 0 Å². The van der Waals surface area contributed by atoms with E-state index >= 15 is 0 Å². The van der Waals surface area contributed by atoms with Gasteiger partial charge in [-0.15, -0.1) is 0 Å². The maximum atomic E-state index is 9.18. The lowest BCUT2D eigenvalue weighted by Gasteiger charge is -1.99. The molecule has 0 heterocycles. The summed E-state index contributed by atoms with van der Waals surface area (Å²) in [5.74, 6) is 0.341. The van der Waals surface area contributed by atoms with Crippen LogP contribution >= 0.6 is 0 Å². The Hall–Kier alpha value is -1.96. The summed E-state index contributed by atoms with van der Waals surface area (Å²) in [6.45, 7) is 10.6. The molecule has 0 aromatic heterocycles. The summed E-state index contributed by atoms with van der Waals surface area (Å²) in [5.41, 5.74) is 1.81. The van der Waals surface area contributed by atoms with Gasteiger partial charge in [-0.1, -0.05) is 31.4 Å². The molecule has 0 aliphatic heterocycles. The van der Waals surface area contributed by atoms with E-state index in [1.165, 1.54) is 6.08 Å². The van der Waals surface area contributed by atoms with E-state index in [2.05, 4.69) is 13.2 Å². The minimum atomic E-state index is 0.108. The van der Waals surface area contributed by atoms with Crippen molar-refractivity contribution in [3.8, 4) is 0 Å². The van der Waals surface area contributed by atoms with Crippen molar-refractivity contribution >= 4 is 0 Å². The van der Waals surface area contributed by atoms with Crippen LogP contribution in [0.3, 0.4) is 0 Å². The fourth-order valence-electron chi connectivity index (χ4n) is 0.946. The van der Waals surface area contributed by atoms with Crippen LogP contribution in [0, 0.1) is 0 Å². The molecule has 0 rings (SSSR count). The van der Waals surface area contributed by atoms with Crippen LogP contribution in [-0.2, 0) is 0 Å². The molecule has 16 heavy (non-hydrogen) atoms. The van der Waals surface area contributed by atoms with Crippen LogP contribution in [0.4, 0.5) is 0 Å². The normalized spacial score (nSPS) is 14.9. The van der Waals surface area contributed by atoms with E-state index in [0.717, 1.165) is 11.1 Å². The molecule has 0 aromatic carbocycles. The first-order valence-corrected chi connectivity index (χ1v) is 4.91. The summed E-state index contributed by atoms with van der Waals surface area (Å²) >= 11 is 0. The molecule has 2 nitrogen and oxygen atoms in total. The molecular weight excluding hydrogens is 200 g/mol. The molecule has 86 valence electrons. The van der Waals surface area contributed by atoms with Gasteiger partial charge in [-0.2, -0.15) is 0 Å². The van der Waals surface area contributed by atoms with Crippen LogP contribution in [0.5, 0.6) is 0 Å². The van der Waals surface area contributed by atoms with Crippen molar-refractivity contribution in [2.24, 2.45) is 0 Å². The summed E-state index contributed by atoms with van der Waals surface area (Å²) in [6.07, 6.45) is 9.70. The van der Waals surface area contributed by atoms with Gasteiger partial charge in [0.15, 0.2) is 0 Å². The Morgan fingerprint density at radius 2 is 1.50 bits per heavy atom. The lowest BCUT2D eigenvalue weighted by Crippen LogP contribution is -1.81. The van der Waals surface area contributed by atoms with Gasteiger partial charge in [0.25, 0.3) is 0 Å². The van der Waals surface area contributed by atoms with Gasteiger partial charge in [0.2, 0.25) is 0 Å². The van der Waals surface area contributed by atoms with Gasteiger partial charge in [-0.05, 0) is 43.2 Å². The Balaban J connectivity index is 4.99. The SMILES string of the molecule is C=C\C(O)=C/C=C(C)/C(C=C)=C/C=C(\C)O. The molecule has 0 amide bonds. The molecular formula is C14H18O2. The molecule has 0 spiro atoms. The van der Waals surface area contributed by atoms with Crippen molar-refractivity contribution in [2.45, 2.75) is 13.8 Å². The van der Waals surface area contributed by atoms with Crippen molar-refractivity contribution in [2.75, 3.05) is 0 Å². The Bertz CT molecular complexity index is 376. The Labute approximate surface area is 96.9 Å². The second-order valence-corrected chi connectivity index (χ2v) is 3.28. The standard InChI is InChI=1S/C14H18O2/c1-5-13(9-8-12(4)15)11(3)7-10-14(16)6-2/h5-10,15-16H,1-2H2,3-4H3/b11-7+,12-8+,13-9+,14-10+. The fourth-order valence-corrected chi connectivity index (χ4v) is 0.946. The van der Waals surface area contributed by atoms with Crippen LogP contribution in [0.15, 0.2) is 72.3 Å². The summed E-state index contributed by atoms with van der Waals surface area (Å²) in [4.78, 5) is 0. The van der Waals surface area contributed by atoms with Crippen molar-refractivity contribution < 1.29 is 10.2 Å². The van der Waals surface area contributed by atoms with Gasteiger partial charge in [0.05, 0.1) is 5.76 Å². The van der Waals surface area contributed by atoms with Gasteiger partial charge < -0.3 is 10.2 Å². The van der Waals surface area contributed by atoms with Crippen LogP contribution < -0.4 is 0 Å². The first-order chi connectivity index (χ1) is 7.51.